The van der Waals surface area contributed by atoms with Crippen LogP contribution in [0.1, 0.15) is 56.3 Å². The molecule has 1 aromatic rings. The second-order valence-electron chi connectivity index (χ2n) is 8.61. The molecule has 6 nitrogen and oxygen atoms in total. The van der Waals surface area contributed by atoms with Gasteiger partial charge in [-0.25, -0.2) is 0 Å². The Morgan fingerprint density at radius 3 is 2.34 bits per heavy atom. The molecule has 0 radical (unpaired) electrons. The molecule has 0 aromatic heterocycles. The highest BCUT2D eigenvalue weighted by Gasteiger charge is 2.41. The van der Waals surface area contributed by atoms with Crippen LogP contribution in [0.25, 0.3) is 0 Å². The molecule has 2 bridgehead atoms. The number of methoxy groups -OCH3 is 1. The molecule has 2 saturated carbocycles. The number of fused-ring (bicyclic) bond motifs is 2. The Kier molecular flexibility index (Phi) is 8.34. The first-order chi connectivity index (χ1) is 13.4. The Balaban J connectivity index is 0.00000300. The minimum Gasteiger partial charge on any atom is -0.496 e. The van der Waals surface area contributed by atoms with Gasteiger partial charge in [0.1, 0.15) is 11.8 Å². The number of hydrogen-bond acceptors (Lipinski definition) is 4. The summed E-state index contributed by atoms with van der Waals surface area (Å²) in [6.45, 7) is 3.90. The number of carbonyl (C=O) groups excluding carboxylic acids is 2. The van der Waals surface area contributed by atoms with Gasteiger partial charge < -0.3 is 21.1 Å². The Morgan fingerprint density at radius 2 is 1.76 bits per heavy atom. The number of nitrogens with two attached hydrogens (primary N) is 1. The van der Waals surface area contributed by atoms with Crippen molar-refractivity contribution in [2.24, 2.45) is 23.5 Å². The predicted octanol–water partition coefficient (Wildman–Crippen LogP) is 2.89. The first kappa shape index (κ1) is 23.5. The fraction of sp³-hybridized carbons (Fsp3) is 0.636. The molecule has 2 fully saturated rings. The molecule has 2 amide bonds. The lowest BCUT2D eigenvalue weighted by Crippen LogP contribution is -2.58. The van der Waals surface area contributed by atoms with Gasteiger partial charge in [-0.05, 0) is 55.6 Å². The van der Waals surface area contributed by atoms with Crippen LogP contribution in [0, 0.1) is 17.8 Å². The van der Waals surface area contributed by atoms with Crippen LogP contribution in [0.3, 0.4) is 0 Å². The van der Waals surface area contributed by atoms with E-state index in [2.05, 4.69) is 10.6 Å². The molecule has 3 unspecified atom stereocenters. The summed E-state index contributed by atoms with van der Waals surface area (Å²) in [5.41, 5.74) is 6.64. The second-order valence-corrected chi connectivity index (χ2v) is 8.61. The summed E-state index contributed by atoms with van der Waals surface area (Å²) in [6.07, 6.45) is 5.40. The highest BCUT2D eigenvalue weighted by molar-refractivity contribution is 5.99. The van der Waals surface area contributed by atoms with E-state index in [1.807, 2.05) is 19.9 Å². The monoisotopic (exact) mass is 423 g/mol. The summed E-state index contributed by atoms with van der Waals surface area (Å²) in [7, 11) is 1.53. The molecule has 0 saturated heterocycles. The summed E-state index contributed by atoms with van der Waals surface area (Å²) >= 11 is 0. The van der Waals surface area contributed by atoms with Crippen LogP contribution in [0.5, 0.6) is 5.75 Å². The number of halogens is 1. The van der Waals surface area contributed by atoms with Crippen LogP contribution in [0.15, 0.2) is 24.3 Å². The van der Waals surface area contributed by atoms with Crippen molar-refractivity contribution in [2.45, 2.75) is 64.1 Å². The third-order valence-electron chi connectivity index (χ3n) is 6.27. The molecule has 29 heavy (non-hydrogen) atoms. The molecule has 1 aromatic carbocycles. The lowest BCUT2D eigenvalue weighted by atomic mass is 9.67. The summed E-state index contributed by atoms with van der Waals surface area (Å²) in [6, 6.07) is 6.87. The van der Waals surface area contributed by atoms with Crippen molar-refractivity contribution >= 4 is 24.2 Å². The van der Waals surface area contributed by atoms with E-state index < -0.39 is 6.04 Å². The van der Waals surface area contributed by atoms with Gasteiger partial charge in [-0.15, -0.1) is 12.4 Å². The number of hydrogen-bond donors (Lipinski definition) is 3. The number of nitrogens with one attached hydrogen (secondary N) is 2. The molecular weight excluding hydrogens is 390 g/mol. The zero-order valence-corrected chi connectivity index (χ0v) is 18.3. The molecule has 3 atom stereocenters. The van der Waals surface area contributed by atoms with Gasteiger partial charge >= 0.3 is 0 Å². The fourth-order valence-corrected chi connectivity index (χ4v) is 4.87. The van der Waals surface area contributed by atoms with Crippen molar-refractivity contribution in [2.75, 3.05) is 7.11 Å². The lowest BCUT2D eigenvalue weighted by Gasteiger charge is -2.45. The standard InChI is InChI=1S/C22H33N3O3.ClH/c1-13(2)19(24-21(26)17-9-4-5-10-18(17)28-3)22(27)25-20-14-7-6-8-15(20)12-16(23)11-14;/h4-5,9-10,13-16,19-20H,6-8,11-12,23H2,1-3H3,(H,24,26)(H,25,27);1H. The maximum absolute atomic E-state index is 13.1. The van der Waals surface area contributed by atoms with Crippen LogP contribution in [-0.4, -0.2) is 37.0 Å². The fourth-order valence-electron chi connectivity index (χ4n) is 4.87. The first-order valence-corrected chi connectivity index (χ1v) is 10.4. The van der Waals surface area contributed by atoms with Crippen LogP contribution in [0.4, 0.5) is 0 Å². The quantitative estimate of drug-likeness (QED) is 0.655. The molecule has 2 aliphatic carbocycles. The normalized spacial score (nSPS) is 26.8. The van der Waals surface area contributed by atoms with Crippen LogP contribution in [0.2, 0.25) is 0 Å². The van der Waals surface area contributed by atoms with E-state index in [4.69, 9.17) is 10.5 Å². The molecule has 7 heteroatoms. The van der Waals surface area contributed by atoms with Crippen LogP contribution >= 0.6 is 12.4 Å². The lowest BCUT2D eigenvalue weighted by molar-refractivity contribution is -0.126. The maximum atomic E-state index is 13.1. The Hall–Kier alpha value is -1.79. The van der Waals surface area contributed by atoms with E-state index in [9.17, 15) is 9.59 Å². The maximum Gasteiger partial charge on any atom is 0.255 e. The highest BCUT2D eigenvalue weighted by atomic mass is 35.5. The van der Waals surface area contributed by atoms with Gasteiger partial charge in [0, 0.05) is 12.1 Å². The average Bonchev–Trinajstić information content (AvgIpc) is 2.66. The van der Waals surface area contributed by atoms with Gasteiger partial charge in [0.15, 0.2) is 0 Å². The topological polar surface area (TPSA) is 93.4 Å². The van der Waals surface area contributed by atoms with Crippen molar-refractivity contribution in [1.29, 1.82) is 0 Å². The summed E-state index contributed by atoms with van der Waals surface area (Å²) in [4.78, 5) is 25.9. The van der Waals surface area contributed by atoms with E-state index in [0.29, 0.717) is 23.1 Å². The Morgan fingerprint density at radius 1 is 1.14 bits per heavy atom. The summed E-state index contributed by atoms with van der Waals surface area (Å²) in [5.74, 6) is 0.976. The zero-order valence-electron chi connectivity index (χ0n) is 17.5. The van der Waals surface area contributed by atoms with E-state index in [0.717, 1.165) is 25.7 Å². The van der Waals surface area contributed by atoms with E-state index in [-0.39, 0.29) is 42.2 Å². The molecule has 162 valence electrons. The predicted molar refractivity (Wildman–Crippen MR) is 116 cm³/mol. The van der Waals surface area contributed by atoms with E-state index >= 15 is 0 Å². The van der Waals surface area contributed by atoms with Crippen LogP contribution in [-0.2, 0) is 4.79 Å². The van der Waals surface area contributed by atoms with Gasteiger partial charge in [-0.3, -0.25) is 9.59 Å². The molecule has 0 spiro atoms. The van der Waals surface area contributed by atoms with Crippen molar-refractivity contribution in [3.8, 4) is 5.75 Å². The van der Waals surface area contributed by atoms with Gasteiger partial charge in [0.2, 0.25) is 5.91 Å². The van der Waals surface area contributed by atoms with Crippen molar-refractivity contribution in [3.63, 3.8) is 0 Å². The Bertz CT molecular complexity index is 698. The van der Waals surface area contributed by atoms with E-state index in [1.165, 1.54) is 13.5 Å². The van der Waals surface area contributed by atoms with Crippen LogP contribution < -0.4 is 21.1 Å². The average molecular weight is 424 g/mol. The molecule has 0 aliphatic heterocycles. The molecule has 0 heterocycles. The molecule has 3 rings (SSSR count). The number of rotatable bonds is 6. The first-order valence-electron chi connectivity index (χ1n) is 10.4. The Labute approximate surface area is 179 Å². The zero-order chi connectivity index (χ0) is 20.3. The largest absolute Gasteiger partial charge is 0.496 e. The minimum atomic E-state index is -0.589. The number of benzene rings is 1. The van der Waals surface area contributed by atoms with Gasteiger partial charge in [-0.1, -0.05) is 32.4 Å². The van der Waals surface area contributed by atoms with Crippen molar-refractivity contribution in [1.82, 2.24) is 10.6 Å². The number of amides is 2. The third-order valence-corrected chi connectivity index (χ3v) is 6.27. The van der Waals surface area contributed by atoms with E-state index in [1.54, 1.807) is 18.2 Å². The number of carbonyl (C=O) groups is 2. The SMILES string of the molecule is COc1ccccc1C(=O)NC(C(=O)NC1C2CCCC1CC(N)C2)C(C)C.Cl. The minimum absolute atomic E-state index is 0. The summed E-state index contributed by atoms with van der Waals surface area (Å²) in [5, 5.41) is 6.18. The van der Waals surface area contributed by atoms with Gasteiger partial charge in [0.25, 0.3) is 5.91 Å². The van der Waals surface area contributed by atoms with Crippen molar-refractivity contribution in [3.05, 3.63) is 29.8 Å². The molecule has 2 aliphatic rings. The summed E-state index contributed by atoms with van der Waals surface area (Å²) < 4.78 is 5.28. The number of para-hydroxylation sites is 1. The molecular formula is C22H34ClN3O3. The third kappa shape index (κ3) is 5.43. The smallest absolute Gasteiger partial charge is 0.255 e. The van der Waals surface area contributed by atoms with Gasteiger partial charge in [0.05, 0.1) is 12.7 Å². The van der Waals surface area contributed by atoms with Gasteiger partial charge in [-0.2, -0.15) is 0 Å². The molecule has 4 N–H and O–H groups in total. The van der Waals surface area contributed by atoms with Crippen molar-refractivity contribution < 1.29 is 14.3 Å². The number of ether oxygens (including phenoxy) is 1. The second kappa shape index (κ2) is 10.3. The highest BCUT2D eigenvalue weighted by Crippen LogP contribution is 2.39.